The highest BCUT2D eigenvalue weighted by molar-refractivity contribution is 7.91. The van der Waals surface area contributed by atoms with Gasteiger partial charge >= 0.3 is 0 Å². The van der Waals surface area contributed by atoms with E-state index < -0.39 is 10.0 Å². The van der Waals surface area contributed by atoms with Gasteiger partial charge in [0.1, 0.15) is 4.21 Å². The van der Waals surface area contributed by atoms with Gasteiger partial charge in [0.2, 0.25) is 11.8 Å². The summed E-state index contributed by atoms with van der Waals surface area (Å²) in [4.78, 5) is 2.26. The summed E-state index contributed by atoms with van der Waals surface area (Å²) in [7, 11) is -3.54. The van der Waals surface area contributed by atoms with E-state index >= 15 is 0 Å². The van der Waals surface area contributed by atoms with Crippen molar-refractivity contribution in [1.82, 2.24) is 14.5 Å². The summed E-state index contributed by atoms with van der Waals surface area (Å²) in [6.45, 7) is 8.36. The molecule has 1 fully saturated rings. The second-order valence-corrected chi connectivity index (χ2v) is 10.3. The summed E-state index contributed by atoms with van der Waals surface area (Å²) in [5.74, 6) is 0.900. The molecule has 3 aromatic rings. The Kier molecular flexibility index (Phi) is 5.46. The first-order valence-electron chi connectivity index (χ1n) is 9.62. The minimum absolute atomic E-state index is 0.309. The summed E-state index contributed by atoms with van der Waals surface area (Å²) in [5, 5.41) is 9.70. The third kappa shape index (κ3) is 3.94. The number of nitrogens with zero attached hydrogens (tertiary/aromatic N) is 4. The molecule has 2 aromatic heterocycles. The van der Waals surface area contributed by atoms with E-state index in [2.05, 4.69) is 47.1 Å². The van der Waals surface area contributed by atoms with Gasteiger partial charge in [-0.3, -0.25) is 0 Å². The average Bonchev–Trinajstić information content (AvgIpc) is 3.39. The van der Waals surface area contributed by atoms with E-state index in [0.717, 1.165) is 0 Å². The van der Waals surface area contributed by atoms with Crippen LogP contribution in [0.2, 0.25) is 0 Å². The van der Waals surface area contributed by atoms with Crippen LogP contribution in [0.25, 0.3) is 11.5 Å². The zero-order valence-electron chi connectivity index (χ0n) is 16.8. The van der Waals surface area contributed by atoms with Gasteiger partial charge in [0, 0.05) is 43.7 Å². The molecular weight excluding hydrogens is 408 g/mol. The fourth-order valence-corrected chi connectivity index (χ4v) is 6.16. The van der Waals surface area contributed by atoms with E-state index in [9.17, 15) is 8.42 Å². The van der Waals surface area contributed by atoms with Crippen molar-refractivity contribution in [3.63, 3.8) is 0 Å². The van der Waals surface area contributed by atoms with Crippen LogP contribution in [0.1, 0.15) is 23.9 Å². The molecule has 9 heteroatoms. The van der Waals surface area contributed by atoms with Crippen molar-refractivity contribution in [3.8, 4) is 11.5 Å². The number of hydrogen-bond acceptors (Lipinski definition) is 7. The van der Waals surface area contributed by atoms with Crippen molar-refractivity contribution in [1.29, 1.82) is 0 Å². The molecule has 1 aromatic carbocycles. The molecule has 3 heterocycles. The third-order valence-corrected chi connectivity index (χ3v) is 8.44. The Labute approximate surface area is 175 Å². The van der Waals surface area contributed by atoms with E-state index in [1.165, 1.54) is 28.2 Å². The molecule has 1 aliphatic heterocycles. The number of rotatable bonds is 5. The third-order valence-electron chi connectivity index (χ3n) is 5.13. The highest BCUT2D eigenvalue weighted by Crippen LogP contribution is 2.31. The topological polar surface area (TPSA) is 79.5 Å². The van der Waals surface area contributed by atoms with Crippen molar-refractivity contribution in [3.05, 3.63) is 46.7 Å². The summed E-state index contributed by atoms with van der Waals surface area (Å²) >= 11 is 1.19. The number of hydrogen-bond donors (Lipinski definition) is 0. The molecular formula is C20H24N4O3S2. The van der Waals surface area contributed by atoms with E-state index in [-0.39, 0.29) is 0 Å². The molecule has 0 N–H and O–H groups in total. The Morgan fingerprint density at radius 3 is 2.55 bits per heavy atom. The lowest BCUT2D eigenvalue weighted by Crippen LogP contribution is -2.48. The summed E-state index contributed by atoms with van der Waals surface area (Å²) < 4.78 is 33.6. The molecule has 154 valence electrons. The van der Waals surface area contributed by atoms with Crippen LogP contribution in [0, 0.1) is 13.8 Å². The number of sulfonamides is 1. The fraction of sp³-hybridized carbons (Fsp3) is 0.400. The van der Waals surface area contributed by atoms with Crippen molar-refractivity contribution < 1.29 is 12.8 Å². The molecule has 4 rings (SSSR count). The monoisotopic (exact) mass is 432 g/mol. The zero-order chi connectivity index (χ0) is 20.6. The van der Waals surface area contributed by atoms with Gasteiger partial charge < -0.3 is 9.32 Å². The molecule has 1 saturated heterocycles. The molecule has 0 radical (unpaired) electrons. The highest BCUT2D eigenvalue weighted by Gasteiger charge is 2.30. The van der Waals surface area contributed by atoms with Crippen molar-refractivity contribution in [2.45, 2.75) is 31.4 Å². The Morgan fingerprint density at radius 2 is 1.86 bits per heavy atom. The van der Waals surface area contributed by atoms with Gasteiger partial charge in [0.25, 0.3) is 10.0 Å². The van der Waals surface area contributed by atoms with Crippen LogP contribution in [0.15, 0.2) is 38.3 Å². The predicted molar refractivity (Wildman–Crippen MR) is 114 cm³/mol. The molecule has 0 saturated carbocycles. The van der Waals surface area contributed by atoms with Crippen molar-refractivity contribution in [2.24, 2.45) is 0 Å². The zero-order valence-corrected chi connectivity index (χ0v) is 18.4. The summed E-state index contributed by atoms with van der Waals surface area (Å²) in [5.41, 5.74) is 4.25. The maximum atomic E-state index is 13.1. The number of piperazine rings is 1. The Bertz CT molecular complexity index is 1110. The largest absolute Gasteiger partial charge is 0.421 e. The van der Waals surface area contributed by atoms with Gasteiger partial charge in [-0.05, 0) is 37.1 Å². The minimum atomic E-state index is -3.54. The van der Waals surface area contributed by atoms with E-state index in [0.29, 0.717) is 54.2 Å². The Balaban J connectivity index is 1.48. The number of thiophene rings is 1. The summed E-state index contributed by atoms with van der Waals surface area (Å²) in [6.07, 6.45) is 0.646. The molecule has 0 unspecified atom stereocenters. The van der Waals surface area contributed by atoms with Crippen molar-refractivity contribution in [2.75, 3.05) is 31.1 Å². The van der Waals surface area contributed by atoms with Crippen LogP contribution < -0.4 is 4.90 Å². The van der Waals surface area contributed by atoms with Gasteiger partial charge in [-0.2, -0.15) is 4.31 Å². The Hall–Kier alpha value is -2.23. The van der Waals surface area contributed by atoms with Crippen LogP contribution in [0.5, 0.6) is 0 Å². The molecule has 0 bridgehead atoms. The van der Waals surface area contributed by atoms with Gasteiger partial charge in [0.05, 0.1) is 5.56 Å². The van der Waals surface area contributed by atoms with Gasteiger partial charge in [-0.15, -0.1) is 21.5 Å². The molecule has 0 spiro atoms. The first-order valence-corrected chi connectivity index (χ1v) is 11.9. The lowest BCUT2D eigenvalue weighted by atomic mass is 10.1. The SMILES string of the molecule is CCc1nnc(-c2csc(S(=O)(=O)N3CCN(c4cc(C)ccc4C)CC3)c2)o1. The first kappa shape index (κ1) is 20.1. The molecule has 0 atom stereocenters. The Morgan fingerprint density at radius 1 is 1.10 bits per heavy atom. The maximum Gasteiger partial charge on any atom is 0.252 e. The maximum absolute atomic E-state index is 13.1. The number of benzene rings is 1. The molecule has 1 aliphatic rings. The van der Waals surface area contributed by atoms with Crippen LogP contribution in [0.4, 0.5) is 5.69 Å². The smallest absolute Gasteiger partial charge is 0.252 e. The van der Waals surface area contributed by atoms with Crippen LogP contribution in [-0.4, -0.2) is 49.1 Å². The van der Waals surface area contributed by atoms with Gasteiger partial charge in [-0.25, -0.2) is 8.42 Å². The minimum Gasteiger partial charge on any atom is -0.421 e. The predicted octanol–water partition coefficient (Wildman–Crippen LogP) is 3.49. The van der Waals surface area contributed by atoms with E-state index in [1.807, 2.05) is 6.92 Å². The first-order chi connectivity index (χ1) is 13.9. The van der Waals surface area contributed by atoms with Crippen molar-refractivity contribution >= 4 is 27.0 Å². The lowest BCUT2D eigenvalue weighted by molar-refractivity contribution is 0.385. The average molecular weight is 433 g/mol. The quantitative estimate of drug-likeness (QED) is 0.614. The molecule has 0 amide bonds. The summed E-state index contributed by atoms with van der Waals surface area (Å²) in [6, 6.07) is 8.01. The molecule has 29 heavy (non-hydrogen) atoms. The molecule has 0 aliphatic carbocycles. The van der Waals surface area contributed by atoms with Crippen LogP contribution in [0.3, 0.4) is 0 Å². The standard InChI is InChI=1S/C20H24N4O3S2/c1-4-18-21-22-20(27-18)16-12-19(28-13-16)29(25,26)24-9-7-23(8-10-24)17-11-14(2)5-6-15(17)3/h5-6,11-13H,4,7-10H2,1-3H3. The van der Waals surface area contributed by atoms with E-state index in [1.54, 1.807) is 15.8 Å². The van der Waals surface area contributed by atoms with Gasteiger partial charge in [0.15, 0.2) is 0 Å². The highest BCUT2D eigenvalue weighted by atomic mass is 32.2. The molecule has 7 nitrogen and oxygen atoms in total. The van der Waals surface area contributed by atoms with Gasteiger partial charge in [-0.1, -0.05) is 19.1 Å². The van der Waals surface area contributed by atoms with Crippen LogP contribution in [-0.2, 0) is 16.4 Å². The lowest BCUT2D eigenvalue weighted by Gasteiger charge is -2.36. The van der Waals surface area contributed by atoms with Crippen LogP contribution >= 0.6 is 11.3 Å². The fourth-order valence-electron chi connectivity index (χ4n) is 3.43. The number of anilines is 1. The number of aromatic nitrogens is 2. The second kappa shape index (κ2) is 7.89. The normalized spacial score (nSPS) is 15.8. The second-order valence-electron chi connectivity index (χ2n) is 7.19. The van der Waals surface area contributed by atoms with E-state index in [4.69, 9.17) is 4.42 Å². The number of aryl methyl sites for hydroxylation is 3.